The molecule has 3 aromatic rings. The van der Waals surface area contributed by atoms with Crippen LogP contribution in [0.15, 0.2) is 41.3 Å². The Kier molecular flexibility index (Phi) is 6.13. The molecular weight excluding hydrogens is 377 g/mol. The first-order valence-electron chi connectivity index (χ1n) is 7.04. The fraction of sp³-hybridized carbons (Fsp3) is 0.200. The van der Waals surface area contributed by atoms with Crippen LogP contribution in [0.3, 0.4) is 0 Å². The van der Waals surface area contributed by atoms with Crippen molar-refractivity contribution in [1.29, 1.82) is 0 Å². The molecule has 0 saturated carbocycles. The summed E-state index contributed by atoms with van der Waals surface area (Å²) in [6.07, 6.45) is 1.57. The van der Waals surface area contributed by atoms with Crippen molar-refractivity contribution >= 4 is 27.5 Å². The Balaban J connectivity index is 0.00000225. The normalized spacial score (nSPS) is 11.5. The summed E-state index contributed by atoms with van der Waals surface area (Å²) in [6.45, 7) is 1.59. The molecule has 3 rings (SSSR count). The van der Waals surface area contributed by atoms with E-state index >= 15 is 0 Å². The molecule has 0 aliphatic carbocycles. The van der Waals surface area contributed by atoms with Crippen molar-refractivity contribution in [2.24, 2.45) is 0 Å². The van der Waals surface area contributed by atoms with Gasteiger partial charge in [-0.15, -0.1) is 0 Å². The van der Waals surface area contributed by atoms with Crippen molar-refractivity contribution in [2.45, 2.75) is 13.5 Å². The van der Waals surface area contributed by atoms with E-state index in [9.17, 15) is 17.8 Å². The van der Waals surface area contributed by atoms with E-state index in [2.05, 4.69) is 4.98 Å². The van der Waals surface area contributed by atoms with E-state index in [4.69, 9.17) is 11.6 Å². The predicted octanol–water partition coefficient (Wildman–Crippen LogP) is -1.33. The SMILES string of the molecule is Cc1cc(=O)n2cc(-c3ccc(Cl)cc3)nc2n1CCS(=O)(=O)[O-].[Na+]. The summed E-state index contributed by atoms with van der Waals surface area (Å²) in [4.78, 5) is 16.6. The average Bonchev–Trinajstić information content (AvgIpc) is 2.92. The van der Waals surface area contributed by atoms with Gasteiger partial charge in [0.1, 0.15) is 0 Å². The maximum Gasteiger partial charge on any atom is 1.00 e. The summed E-state index contributed by atoms with van der Waals surface area (Å²) in [5.74, 6) is -0.288. The molecule has 2 heterocycles. The zero-order valence-corrected chi connectivity index (χ0v) is 17.2. The van der Waals surface area contributed by atoms with Gasteiger partial charge in [0.05, 0.1) is 21.6 Å². The van der Waals surface area contributed by atoms with Gasteiger partial charge in [-0.25, -0.2) is 13.4 Å². The van der Waals surface area contributed by atoms with Gasteiger partial charge in [-0.3, -0.25) is 9.20 Å². The van der Waals surface area contributed by atoms with Crippen molar-refractivity contribution in [1.82, 2.24) is 14.0 Å². The Morgan fingerprint density at radius 2 is 1.88 bits per heavy atom. The van der Waals surface area contributed by atoms with Gasteiger partial charge in [0.15, 0.2) is 0 Å². The summed E-state index contributed by atoms with van der Waals surface area (Å²) < 4.78 is 35.6. The number of nitrogens with zero attached hydrogens (tertiary/aromatic N) is 3. The van der Waals surface area contributed by atoms with Crippen LogP contribution in [0.4, 0.5) is 0 Å². The van der Waals surface area contributed by atoms with E-state index in [-0.39, 0.29) is 47.4 Å². The van der Waals surface area contributed by atoms with Crippen LogP contribution in [0.1, 0.15) is 5.69 Å². The summed E-state index contributed by atoms with van der Waals surface area (Å²) in [5, 5.41) is 0.582. The van der Waals surface area contributed by atoms with Crippen LogP contribution < -0.4 is 35.1 Å². The zero-order valence-electron chi connectivity index (χ0n) is 13.6. The molecular formula is C15H13ClN3NaO4S. The van der Waals surface area contributed by atoms with Gasteiger partial charge < -0.3 is 9.12 Å². The van der Waals surface area contributed by atoms with Gasteiger partial charge in [-0.2, -0.15) is 0 Å². The average molecular weight is 390 g/mol. The van der Waals surface area contributed by atoms with E-state index < -0.39 is 15.9 Å². The smallest absolute Gasteiger partial charge is 0.748 e. The molecule has 25 heavy (non-hydrogen) atoms. The minimum atomic E-state index is -4.37. The molecule has 0 N–H and O–H groups in total. The van der Waals surface area contributed by atoms with E-state index in [1.165, 1.54) is 15.0 Å². The molecule has 0 aliphatic rings. The topological polar surface area (TPSA) is 96.5 Å². The van der Waals surface area contributed by atoms with Gasteiger partial charge in [0.25, 0.3) is 5.56 Å². The van der Waals surface area contributed by atoms with Crippen LogP contribution in [0.25, 0.3) is 17.0 Å². The molecule has 7 nitrogen and oxygen atoms in total. The van der Waals surface area contributed by atoms with Gasteiger partial charge in [0.2, 0.25) is 5.78 Å². The largest absolute Gasteiger partial charge is 1.00 e. The molecule has 0 aliphatic heterocycles. The Bertz CT molecular complexity index is 1070. The van der Waals surface area contributed by atoms with Crippen LogP contribution in [-0.2, 0) is 16.7 Å². The Labute approximate surface area is 171 Å². The standard InChI is InChI=1S/C15H14ClN3O4S.Na/c1-10-8-14(20)19-9-13(11-2-4-12(16)5-3-11)17-15(19)18(10)6-7-24(21,22)23;/h2-5,8-9H,6-7H2,1H3,(H,21,22,23);/q;+1/p-1. The predicted molar refractivity (Wildman–Crippen MR) is 89.2 cm³/mol. The summed E-state index contributed by atoms with van der Waals surface area (Å²) >= 11 is 5.87. The van der Waals surface area contributed by atoms with Crippen molar-refractivity contribution in [3.63, 3.8) is 0 Å². The molecule has 0 atom stereocenters. The maximum absolute atomic E-state index is 12.2. The number of benzene rings is 1. The van der Waals surface area contributed by atoms with Crippen molar-refractivity contribution in [2.75, 3.05) is 5.75 Å². The minimum absolute atomic E-state index is 0. The van der Waals surface area contributed by atoms with Crippen LogP contribution in [0.2, 0.25) is 5.02 Å². The molecule has 0 unspecified atom stereocenters. The fourth-order valence-electron chi connectivity index (χ4n) is 2.45. The summed E-state index contributed by atoms with van der Waals surface area (Å²) in [7, 11) is -4.37. The molecule has 2 aromatic heterocycles. The molecule has 1 aromatic carbocycles. The van der Waals surface area contributed by atoms with E-state index in [0.29, 0.717) is 16.4 Å². The summed E-state index contributed by atoms with van der Waals surface area (Å²) in [6, 6.07) is 8.34. The van der Waals surface area contributed by atoms with Crippen LogP contribution >= 0.6 is 11.6 Å². The third-order valence-corrected chi connectivity index (χ3v) is 4.56. The molecule has 0 fully saturated rings. The van der Waals surface area contributed by atoms with Gasteiger partial charge >= 0.3 is 29.6 Å². The van der Waals surface area contributed by atoms with Crippen LogP contribution in [-0.4, -0.2) is 32.7 Å². The molecule has 126 valence electrons. The van der Waals surface area contributed by atoms with Crippen molar-refractivity contribution < 1.29 is 42.5 Å². The number of hydrogen-bond acceptors (Lipinski definition) is 5. The first-order chi connectivity index (χ1) is 11.2. The maximum atomic E-state index is 12.2. The molecule has 10 heteroatoms. The number of aryl methyl sites for hydroxylation is 2. The Morgan fingerprint density at radius 3 is 2.48 bits per heavy atom. The number of aromatic nitrogens is 3. The van der Waals surface area contributed by atoms with Crippen LogP contribution in [0.5, 0.6) is 0 Å². The molecule has 0 spiro atoms. The van der Waals surface area contributed by atoms with Gasteiger partial charge in [-0.1, -0.05) is 23.7 Å². The number of imidazole rings is 1. The first kappa shape index (κ1) is 20.2. The minimum Gasteiger partial charge on any atom is -0.748 e. The Hall–Kier alpha value is -1.16. The van der Waals surface area contributed by atoms with E-state index in [1.54, 1.807) is 37.4 Å². The molecule has 0 amide bonds. The molecule has 0 radical (unpaired) electrons. The van der Waals surface area contributed by atoms with Gasteiger partial charge in [0, 0.05) is 35.1 Å². The zero-order chi connectivity index (χ0) is 17.5. The second-order valence-electron chi connectivity index (χ2n) is 5.34. The first-order valence-corrected chi connectivity index (χ1v) is 8.99. The Morgan fingerprint density at radius 1 is 1.24 bits per heavy atom. The van der Waals surface area contributed by atoms with Crippen LogP contribution in [0, 0.1) is 6.92 Å². The van der Waals surface area contributed by atoms with Gasteiger partial charge in [-0.05, 0) is 19.1 Å². The number of halogens is 1. The quantitative estimate of drug-likeness (QED) is 0.407. The van der Waals surface area contributed by atoms with E-state index in [0.717, 1.165) is 5.56 Å². The van der Waals surface area contributed by atoms with E-state index in [1.807, 2.05) is 0 Å². The number of hydrogen-bond donors (Lipinski definition) is 0. The third kappa shape index (κ3) is 4.52. The molecule has 0 bridgehead atoms. The number of rotatable bonds is 4. The third-order valence-electron chi connectivity index (χ3n) is 3.63. The molecule has 0 saturated heterocycles. The fourth-order valence-corrected chi connectivity index (χ4v) is 2.98. The second kappa shape index (κ2) is 7.61. The summed E-state index contributed by atoms with van der Waals surface area (Å²) in [5.41, 5.74) is 1.57. The second-order valence-corrected chi connectivity index (χ2v) is 7.30. The number of fused-ring (bicyclic) bond motifs is 1. The monoisotopic (exact) mass is 389 g/mol. The van der Waals surface area contributed by atoms with Crippen molar-refractivity contribution in [3.8, 4) is 11.3 Å². The van der Waals surface area contributed by atoms with Crippen molar-refractivity contribution in [3.05, 3.63) is 57.6 Å².